The Morgan fingerprint density at radius 1 is 1.21 bits per heavy atom. The van der Waals surface area contributed by atoms with Crippen LogP contribution in [-0.2, 0) is 6.42 Å². The zero-order chi connectivity index (χ0) is 14.0. The van der Waals surface area contributed by atoms with Crippen LogP contribution in [0.5, 0.6) is 0 Å². The first-order valence-corrected chi connectivity index (χ1v) is 5.57. The Morgan fingerprint density at radius 3 is 2.42 bits per heavy atom. The van der Waals surface area contributed by atoms with Gasteiger partial charge in [0.2, 0.25) is 0 Å². The zero-order valence-electron chi connectivity index (χ0n) is 10.1. The smallest absolute Gasteiger partial charge is 0.194 e. The van der Waals surface area contributed by atoms with Crippen molar-refractivity contribution in [3.8, 4) is 0 Å². The molecule has 0 amide bonds. The second-order valence-electron chi connectivity index (χ2n) is 4.12. The average molecular weight is 265 g/mol. The van der Waals surface area contributed by atoms with E-state index in [1.165, 1.54) is 6.20 Å². The summed E-state index contributed by atoms with van der Waals surface area (Å²) in [6.07, 6.45) is 1.44. The Labute approximate surface area is 107 Å². The first-order valence-electron chi connectivity index (χ1n) is 5.57. The standard InChI is InChI=1S/C14H10F3NO/c1-8-3-2-4-18-12(8)7-13(19)9-5-10(15)14(17)11(16)6-9/h2-6H,7H2,1H3. The Morgan fingerprint density at radius 2 is 1.84 bits per heavy atom. The fraction of sp³-hybridized carbons (Fsp3) is 0.143. The van der Waals surface area contributed by atoms with Crippen LogP contribution in [0, 0.1) is 24.4 Å². The Bertz CT molecular complexity index is 617. The van der Waals surface area contributed by atoms with Gasteiger partial charge in [0.15, 0.2) is 23.2 Å². The van der Waals surface area contributed by atoms with Crippen molar-refractivity contribution < 1.29 is 18.0 Å². The molecule has 5 heteroatoms. The van der Waals surface area contributed by atoms with Gasteiger partial charge < -0.3 is 0 Å². The summed E-state index contributed by atoms with van der Waals surface area (Å²) >= 11 is 0. The van der Waals surface area contributed by atoms with Gasteiger partial charge in [-0.1, -0.05) is 6.07 Å². The molecule has 2 rings (SSSR count). The van der Waals surface area contributed by atoms with Crippen molar-refractivity contribution in [2.45, 2.75) is 13.3 Å². The minimum absolute atomic E-state index is 0.0861. The summed E-state index contributed by atoms with van der Waals surface area (Å²) in [6, 6.07) is 4.89. The van der Waals surface area contributed by atoms with Gasteiger partial charge in [-0.2, -0.15) is 0 Å². The van der Waals surface area contributed by atoms with Crippen molar-refractivity contribution in [3.63, 3.8) is 0 Å². The van der Waals surface area contributed by atoms with Crippen molar-refractivity contribution in [2.75, 3.05) is 0 Å². The molecule has 0 aliphatic carbocycles. The number of rotatable bonds is 3. The maximum absolute atomic E-state index is 13.0. The summed E-state index contributed by atoms with van der Waals surface area (Å²) in [5, 5.41) is 0. The summed E-state index contributed by atoms with van der Waals surface area (Å²) in [5.74, 6) is -4.84. The molecule has 0 spiro atoms. The van der Waals surface area contributed by atoms with Crippen molar-refractivity contribution >= 4 is 5.78 Å². The highest BCUT2D eigenvalue weighted by Gasteiger charge is 2.16. The van der Waals surface area contributed by atoms with Crippen LogP contribution in [0.2, 0.25) is 0 Å². The fourth-order valence-electron chi connectivity index (χ4n) is 1.67. The monoisotopic (exact) mass is 265 g/mol. The molecule has 0 N–H and O–H groups in total. The number of ketones is 1. The predicted octanol–water partition coefficient (Wildman–Crippen LogP) is 3.23. The highest BCUT2D eigenvalue weighted by molar-refractivity contribution is 5.97. The average Bonchev–Trinajstić information content (AvgIpc) is 2.38. The summed E-state index contributed by atoms with van der Waals surface area (Å²) in [4.78, 5) is 15.9. The van der Waals surface area contributed by atoms with Crippen LogP contribution in [0.1, 0.15) is 21.6 Å². The van der Waals surface area contributed by atoms with Crippen LogP contribution in [0.3, 0.4) is 0 Å². The zero-order valence-corrected chi connectivity index (χ0v) is 10.1. The van der Waals surface area contributed by atoms with Gasteiger partial charge in [0, 0.05) is 11.8 Å². The van der Waals surface area contributed by atoms with E-state index < -0.39 is 23.2 Å². The van der Waals surface area contributed by atoms with E-state index in [-0.39, 0.29) is 12.0 Å². The lowest BCUT2D eigenvalue weighted by atomic mass is 10.0. The molecule has 0 saturated heterocycles. The van der Waals surface area contributed by atoms with Gasteiger partial charge in [-0.3, -0.25) is 9.78 Å². The lowest BCUT2D eigenvalue weighted by molar-refractivity contribution is 0.0990. The van der Waals surface area contributed by atoms with E-state index in [9.17, 15) is 18.0 Å². The predicted molar refractivity (Wildman–Crippen MR) is 63.3 cm³/mol. The van der Waals surface area contributed by atoms with Gasteiger partial charge in [-0.05, 0) is 30.7 Å². The Balaban J connectivity index is 2.28. The number of Topliss-reactive ketones (excluding diaryl/α,β-unsaturated/α-hetero) is 1. The fourth-order valence-corrected chi connectivity index (χ4v) is 1.67. The lowest BCUT2D eigenvalue weighted by Gasteiger charge is -2.05. The van der Waals surface area contributed by atoms with E-state index >= 15 is 0 Å². The van der Waals surface area contributed by atoms with Crippen LogP contribution >= 0.6 is 0 Å². The van der Waals surface area contributed by atoms with Gasteiger partial charge in [-0.15, -0.1) is 0 Å². The molecule has 2 aromatic rings. The number of carbonyl (C=O) groups is 1. The molecule has 0 unspecified atom stereocenters. The largest absolute Gasteiger partial charge is 0.294 e. The molecule has 98 valence electrons. The molecule has 2 nitrogen and oxygen atoms in total. The van der Waals surface area contributed by atoms with Crippen molar-refractivity contribution in [1.29, 1.82) is 0 Å². The minimum atomic E-state index is -1.58. The number of aromatic nitrogens is 1. The Hall–Kier alpha value is -2.17. The molecule has 0 radical (unpaired) electrons. The number of pyridine rings is 1. The summed E-state index contributed by atoms with van der Waals surface area (Å²) in [6.45, 7) is 1.78. The van der Waals surface area contributed by atoms with Crippen LogP contribution in [0.4, 0.5) is 13.2 Å². The maximum Gasteiger partial charge on any atom is 0.194 e. The topological polar surface area (TPSA) is 30.0 Å². The molecule has 1 aromatic carbocycles. The maximum atomic E-state index is 13.0. The van der Waals surface area contributed by atoms with Crippen LogP contribution < -0.4 is 0 Å². The first kappa shape index (κ1) is 13.3. The van der Waals surface area contributed by atoms with Crippen molar-refractivity contribution in [3.05, 3.63) is 64.7 Å². The summed E-state index contributed by atoms with van der Waals surface area (Å²) in [7, 11) is 0. The van der Waals surface area contributed by atoms with E-state index in [0.717, 1.165) is 5.56 Å². The molecule has 0 fully saturated rings. The van der Waals surface area contributed by atoms with Gasteiger partial charge >= 0.3 is 0 Å². The normalized spacial score (nSPS) is 10.5. The van der Waals surface area contributed by atoms with Crippen molar-refractivity contribution in [2.24, 2.45) is 0 Å². The number of aryl methyl sites for hydroxylation is 1. The molecular weight excluding hydrogens is 255 g/mol. The number of benzene rings is 1. The van der Waals surface area contributed by atoms with E-state index in [4.69, 9.17) is 0 Å². The second kappa shape index (κ2) is 5.22. The minimum Gasteiger partial charge on any atom is -0.294 e. The third kappa shape index (κ3) is 2.81. The number of hydrogen-bond donors (Lipinski definition) is 0. The number of halogens is 3. The molecule has 0 bridgehead atoms. The molecule has 0 aliphatic rings. The first-order chi connectivity index (χ1) is 8.99. The highest BCUT2D eigenvalue weighted by atomic mass is 19.2. The van der Waals surface area contributed by atoms with Gasteiger partial charge in [0.05, 0.1) is 12.1 Å². The molecule has 19 heavy (non-hydrogen) atoms. The van der Waals surface area contributed by atoms with Crippen LogP contribution in [-0.4, -0.2) is 10.8 Å². The molecule has 0 aliphatic heterocycles. The highest BCUT2D eigenvalue weighted by Crippen LogP contribution is 2.16. The molecule has 0 saturated carbocycles. The van der Waals surface area contributed by atoms with Crippen LogP contribution in [0.15, 0.2) is 30.5 Å². The molecular formula is C14H10F3NO. The van der Waals surface area contributed by atoms with E-state index in [1.54, 1.807) is 19.1 Å². The quantitative estimate of drug-likeness (QED) is 0.630. The van der Waals surface area contributed by atoms with E-state index in [1.807, 2.05) is 0 Å². The van der Waals surface area contributed by atoms with Gasteiger partial charge in [0.25, 0.3) is 0 Å². The Kier molecular flexibility index (Phi) is 3.64. The number of carbonyl (C=O) groups excluding carboxylic acids is 1. The second-order valence-corrected chi connectivity index (χ2v) is 4.12. The third-order valence-corrected chi connectivity index (χ3v) is 2.75. The third-order valence-electron chi connectivity index (χ3n) is 2.75. The van der Waals surface area contributed by atoms with E-state index in [2.05, 4.69) is 4.98 Å². The molecule has 1 aromatic heterocycles. The SMILES string of the molecule is Cc1cccnc1CC(=O)c1cc(F)c(F)c(F)c1. The summed E-state index contributed by atoms with van der Waals surface area (Å²) in [5.41, 5.74) is 1.12. The van der Waals surface area contributed by atoms with E-state index in [0.29, 0.717) is 17.8 Å². The van der Waals surface area contributed by atoms with Crippen LogP contribution in [0.25, 0.3) is 0 Å². The van der Waals surface area contributed by atoms with Gasteiger partial charge in [0.1, 0.15) is 0 Å². The number of nitrogens with zero attached hydrogens (tertiary/aromatic N) is 1. The number of hydrogen-bond acceptors (Lipinski definition) is 2. The van der Waals surface area contributed by atoms with Gasteiger partial charge in [-0.25, -0.2) is 13.2 Å². The summed E-state index contributed by atoms with van der Waals surface area (Å²) < 4.78 is 38.9. The molecule has 1 heterocycles. The lowest BCUT2D eigenvalue weighted by Crippen LogP contribution is -2.08. The molecule has 0 atom stereocenters. The van der Waals surface area contributed by atoms with Crippen molar-refractivity contribution in [1.82, 2.24) is 4.98 Å².